The summed E-state index contributed by atoms with van der Waals surface area (Å²) in [5.74, 6) is -0.765. The maximum Gasteiger partial charge on any atom is 0.301 e. The maximum absolute atomic E-state index is 10.6. The Morgan fingerprint density at radius 2 is 2.45 bits per heavy atom. The average Bonchev–Trinajstić information content (AvgIpc) is 2.71. The van der Waals surface area contributed by atoms with Crippen LogP contribution in [0.3, 0.4) is 0 Å². The molecule has 1 fully saturated rings. The Labute approximate surface area is 66.0 Å². The second-order valence-corrected chi connectivity index (χ2v) is 2.82. The minimum Gasteiger partial charge on any atom is -0.481 e. The van der Waals surface area contributed by atoms with Crippen LogP contribution in [0.1, 0.15) is 12.8 Å². The molecule has 1 aliphatic carbocycles. The zero-order valence-electron chi connectivity index (χ0n) is 6.32. The lowest BCUT2D eigenvalue weighted by Crippen LogP contribution is -2.21. The van der Waals surface area contributed by atoms with Crippen molar-refractivity contribution in [3.8, 4) is 0 Å². The molecule has 1 rings (SSSR count). The molecule has 1 aliphatic rings. The van der Waals surface area contributed by atoms with Gasteiger partial charge in [-0.05, 0) is 18.8 Å². The Morgan fingerprint density at radius 1 is 1.82 bits per heavy atom. The highest BCUT2D eigenvalue weighted by atomic mass is 16.4. The van der Waals surface area contributed by atoms with Crippen LogP contribution in [0.15, 0.2) is 0 Å². The van der Waals surface area contributed by atoms with Crippen molar-refractivity contribution in [3.63, 3.8) is 0 Å². The van der Waals surface area contributed by atoms with E-state index in [0.717, 1.165) is 12.8 Å². The average molecular weight is 157 g/mol. The van der Waals surface area contributed by atoms with Gasteiger partial charge in [-0.2, -0.15) is 0 Å². The molecule has 0 bridgehead atoms. The van der Waals surface area contributed by atoms with Crippen LogP contribution in [-0.2, 0) is 9.45 Å². The largest absolute Gasteiger partial charge is 0.481 e. The Bertz CT molecular complexity index is 149. The SMILES string of the molecule is NCOBC(C(=O)O)C1CC1. The van der Waals surface area contributed by atoms with Gasteiger partial charge in [-0.3, -0.25) is 4.79 Å². The number of nitrogens with two attached hydrogens (primary N) is 1. The third-order valence-corrected chi connectivity index (χ3v) is 1.92. The summed E-state index contributed by atoms with van der Waals surface area (Å²) in [4.78, 5) is 10.6. The Kier molecular flexibility index (Phi) is 2.90. The zero-order chi connectivity index (χ0) is 8.27. The predicted octanol–water partition coefficient (Wildman–Crippen LogP) is -0.446. The molecule has 1 unspecified atom stereocenters. The standard InChI is InChI=1S/C6H12BNO3/c8-3-11-7-5(6(9)10)4-1-2-4/h4-5,7H,1-3,8H2,(H,9,10). The number of hydrogen-bond donors (Lipinski definition) is 2. The third kappa shape index (κ3) is 2.51. The van der Waals surface area contributed by atoms with E-state index in [1.54, 1.807) is 0 Å². The van der Waals surface area contributed by atoms with Gasteiger partial charge in [0.15, 0.2) is 0 Å². The molecule has 1 saturated carbocycles. The zero-order valence-corrected chi connectivity index (χ0v) is 6.32. The quantitative estimate of drug-likeness (QED) is 0.418. The molecule has 0 aliphatic heterocycles. The van der Waals surface area contributed by atoms with Gasteiger partial charge >= 0.3 is 5.97 Å². The Balaban J connectivity index is 2.26. The monoisotopic (exact) mass is 157 g/mol. The maximum atomic E-state index is 10.6. The van der Waals surface area contributed by atoms with Crippen LogP contribution in [0.5, 0.6) is 0 Å². The van der Waals surface area contributed by atoms with Gasteiger partial charge in [0, 0.05) is 0 Å². The normalized spacial score (nSPS) is 19.4. The number of carboxylic acids is 1. The summed E-state index contributed by atoms with van der Waals surface area (Å²) in [5.41, 5.74) is 5.08. The number of carboxylic acid groups (broad SMARTS) is 1. The minimum absolute atomic E-state index is 0.108. The molecular formula is C6H12BNO3. The Hall–Kier alpha value is -0.545. The number of aliphatic carboxylic acids is 1. The molecule has 0 saturated heterocycles. The first kappa shape index (κ1) is 8.55. The molecule has 0 spiro atoms. The van der Waals surface area contributed by atoms with Crippen LogP contribution in [0.25, 0.3) is 0 Å². The highest BCUT2D eigenvalue weighted by Crippen LogP contribution is 2.40. The van der Waals surface area contributed by atoms with E-state index >= 15 is 0 Å². The molecule has 0 aromatic rings. The van der Waals surface area contributed by atoms with E-state index in [1.807, 2.05) is 0 Å². The molecule has 1 atom stereocenters. The third-order valence-electron chi connectivity index (χ3n) is 1.92. The van der Waals surface area contributed by atoms with Gasteiger partial charge in [-0.25, -0.2) is 0 Å². The molecule has 0 aromatic heterocycles. The first-order valence-electron chi connectivity index (χ1n) is 3.76. The van der Waals surface area contributed by atoms with Crippen molar-refractivity contribution in [3.05, 3.63) is 0 Å². The van der Waals surface area contributed by atoms with E-state index in [2.05, 4.69) is 0 Å². The van der Waals surface area contributed by atoms with Crippen LogP contribution in [-0.4, -0.2) is 25.3 Å². The van der Waals surface area contributed by atoms with Gasteiger partial charge in [0.25, 0.3) is 7.48 Å². The lowest BCUT2D eigenvalue weighted by molar-refractivity contribution is -0.137. The lowest BCUT2D eigenvalue weighted by Gasteiger charge is -2.07. The summed E-state index contributed by atoms with van der Waals surface area (Å²) in [6.45, 7) is 0.108. The fourth-order valence-corrected chi connectivity index (χ4v) is 1.10. The number of carbonyl (C=O) groups is 1. The van der Waals surface area contributed by atoms with Crippen molar-refractivity contribution in [2.24, 2.45) is 11.7 Å². The molecule has 62 valence electrons. The van der Waals surface area contributed by atoms with E-state index in [9.17, 15) is 4.79 Å². The Morgan fingerprint density at radius 3 is 2.82 bits per heavy atom. The fraction of sp³-hybridized carbons (Fsp3) is 0.833. The minimum atomic E-state index is -0.763. The van der Waals surface area contributed by atoms with E-state index in [-0.39, 0.29) is 20.0 Å². The van der Waals surface area contributed by atoms with E-state index in [4.69, 9.17) is 15.5 Å². The first-order chi connectivity index (χ1) is 5.25. The summed E-state index contributed by atoms with van der Waals surface area (Å²) in [5, 5.41) is 8.69. The summed E-state index contributed by atoms with van der Waals surface area (Å²) in [6.07, 6.45) is 2.04. The van der Waals surface area contributed by atoms with Gasteiger partial charge in [0.1, 0.15) is 0 Å². The number of hydrogen-bond acceptors (Lipinski definition) is 3. The molecular weight excluding hydrogens is 145 g/mol. The summed E-state index contributed by atoms with van der Waals surface area (Å²) >= 11 is 0. The summed E-state index contributed by atoms with van der Waals surface area (Å²) in [6, 6.07) is 0. The molecule has 3 N–H and O–H groups in total. The van der Waals surface area contributed by atoms with Crippen molar-refractivity contribution < 1.29 is 14.6 Å². The van der Waals surface area contributed by atoms with Crippen molar-refractivity contribution in [2.45, 2.75) is 18.7 Å². The van der Waals surface area contributed by atoms with Crippen molar-refractivity contribution in [1.29, 1.82) is 0 Å². The van der Waals surface area contributed by atoms with Gasteiger partial charge in [-0.1, -0.05) is 0 Å². The van der Waals surface area contributed by atoms with Gasteiger partial charge < -0.3 is 15.5 Å². The molecule has 11 heavy (non-hydrogen) atoms. The molecule has 0 amide bonds. The van der Waals surface area contributed by atoms with Crippen molar-refractivity contribution in [1.82, 2.24) is 0 Å². The molecule has 0 radical (unpaired) electrons. The first-order valence-corrected chi connectivity index (χ1v) is 3.76. The topological polar surface area (TPSA) is 72.5 Å². The van der Waals surface area contributed by atoms with Crippen molar-refractivity contribution >= 4 is 13.5 Å². The molecule has 0 aromatic carbocycles. The fourth-order valence-electron chi connectivity index (χ4n) is 1.10. The molecule has 5 heteroatoms. The van der Waals surface area contributed by atoms with E-state index in [1.165, 1.54) is 0 Å². The van der Waals surface area contributed by atoms with Crippen LogP contribution in [0.2, 0.25) is 5.82 Å². The van der Waals surface area contributed by atoms with Crippen molar-refractivity contribution in [2.75, 3.05) is 6.73 Å². The second-order valence-electron chi connectivity index (χ2n) is 2.82. The number of rotatable bonds is 5. The summed E-state index contributed by atoms with van der Waals surface area (Å²) in [7, 11) is 0.260. The van der Waals surface area contributed by atoms with E-state index < -0.39 is 5.97 Å². The predicted molar refractivity (Wildman–Crippen MR) is 41.4 cm³/mol. The highest BCUT2D eigenvalue weighted by Gasteiger charge is 2.37. The molecule has 0 heterocycles. The van der Waals surface area contributed by atoms with Crippen LogP contribution in [0, 0.1) is 5.92 Å². The molecule has 4 nitrogen and oxygen atoms in total. The highest BCUT2D eigenvalue weighted by molar-refractivity contribution is 6.36. The van der Waals surface area contributed by atoms with Crippen LogP contribution < -0.4 is 5.73 Å². The second kappa shape index (κ2) is 3.73. The smallest absolute Gasteiger partial charge is 0.301 e. The van der Waals surface area contributed by atoms with Gasteiger partial charge in [-0.15, -0.1) is 0 Å². The van der Waals surface area contributed by atoms with Crippen LogP contribution in [0.4, 0.5) is 0 Å². The lowest BCUT2D eigenvalue weighted by atomic mass is 9.76. The van der Waals surface area contributed by atoms with E-state index in [0.29, 0.717) is 5.92 Å². The van der Waals surface area contributed by atoms with Crippen LogP contribution >= 0.6 is 0 Å². The van der Waals surface area contributed by atoms with Gasteiger partial charge in [0.2, 0.25) is 0 Å². The summed E-state index contributed by atoms with van der Waals surface area (Å²) < 4.78 is 4.86. The van der Waals surface area contributed by atoms with Gasteiger partial charge in [0.05, 0.1) is 12.5 Å².